The number of carbonyl (C=O) groups is 1. The van der Waals surface area contributed by atoms with Gasteiger partial charge >= 0.3 is 0 Å². The summed E-state index contributed by atoms with van der Waals surface area (Å²) in [4.78, 5) is 24.5. The molecule has 0 aliphatic carbocycles. The number of carbonyl (C=O) groups excluding carboxylic acids is 1. The van der Waals surface area contributed by atoms with Crippen LogP contribution in [-0.2, 0) is 4.79 Å². The Labute approximate surface area is 140 Å². The smallest absolute Gasteiger partial charge is 0.229 e. The standard InChI is InChI=1S/C20H19NO3/c1-20(2,3)19(23)21-14-9-10-17-15(11-14)16(22)12-18(24-17)13-7-5-4-6-8-13/h4-12H,1-3H3,(H,21,23). The van der Waals surface area contributed by atoms with Crippen LogP contribution in [0, 0.1) is 5.41 Å². The lowest BCUT2D eigenvalue weighted by atomic mass is 9.95. The molecule has 4 heteroatoms. The van der Waals surface area contributed by atoms with E-state index in [-0.39, 0.29) is 11.3 Å². The van der Waals surface area contributed by atoms with E-state index in [1.54, 1.807) is 18.2 Å². The van der Waals surface area contributed by atoms with E-state index >= 15 is 0 Å². The fourth-order valence-electron chi connectivity index (χ4n) is 2.30. The lowest BCUT2D eigenvalue weighted by Crippen LogP contribution is -2.27. The first-order valence-electron chi connectivity index (χ1n) is 7.79. The van der Waals surface area contributed by atoms with E-state index in [0.717, 1.165) is 5.56 Å². The molecule has 4 nitrogen and oxygen atoms in total. The topological polar surface area (TPSA) is 59.3 Å². The van der Waals surface area contributed by atoms with Crippen LogP contribution in [0.3, 0.4) is 0 Å². The number of anilines is 1. The minimum absolute atomic E-state index is 0.104. The predicted octanol–water partition coefficient (Wildman–Crippen LogP) is 4.44. The normalized spacial score (nSPS) is 11.5. The lowest BCUT2D eigenvalue weighted by Gasteiger charge is -2.17. The molecular weight excluding hydrogens is 302 g/mol. The van der Waals surface area contributed by atoms with E-state index < -0.39 is 5.41 Å². The maximum atomic E-state index is 12.4. The molecular formula is C20H19NO3. The number of rotatable bonds is 2. The van der Waals surface area contributed by atoms with Gasteiger partial charge in [-0.25, -0.2) is 0 Å². The molecule has 0 bridgehead atoms. The van der Waals surface area contributed by atoms with Gasteiger partial charge in [-0.05, 0) is 18.2 Å². The van der Waals surface area contributed by atoms with Gasteiger partial charge in [0.2, 0.25) is 5.91 Å². The molecule has 3 aromatic rings. The maximum absolute atomic E-state index is 12.4. The monoisotopic (exact) mass is 321 g/mol. The summed E-state index contributed by atoms with van der Waals surface area (Å²) in [6.45, 7) is 5.51. The van der Waals surface area contributed by atoms with Crippen molar-refractivity contribution in [2.24, 2.45) is 5.41 Å². The van der Waals surface area contributed by atoms with Crippen LogP contribution >= 0.6 is 0 Å². The lowest BCUT2D eigenvalue weighted by molar-refractivity contribution is -0.123. The summed E-state index contributed by atoms with van der Waals surface area (Å²) >= 11 is 0. The van der Waals surface area contributed by atoms with Crippen molar-refractivity contribution in [3.63, 3.8) is 0 Å². The molecule has 0 radical (unpaired) electrons. The van der Waals surface area contributed by atoms with Gasteiger partial charge in [-0.2, -0.15) is 0 Å². The summed E-state index contributed by atoms with van der Waals surface area (Å²) in [6, 6.07) is 16.1. The van der Waals surface area contributed by atoms with E-state index in [1.165, 1.54) is 6.07 Å². The highest BCUT2D eigenvalue weighted by Crippen LogP contribution is 2.24. The second-order valence-corrected chi connectivity index (χ2v) is 6.76. The van der Waals surface area contributed by atoms with Gasteiger partial charge in [0.1, 0.15) is 11.3 Å². The van der Waals surface area contributed by atoms with Crippen LogP contribution in [0.2, 0.25) is 0 Å². The molecule has 122 valence electrons. The maximum Gasteiger partial charge on any atom is 0.229 e. The summed E-state index contributed by atoms with van der Waals surface area (Å²) in [5.74, 6) is 0.423. The minimum atomic E-state index is -0.503. The SMILES string of the molecule is CC(C)(C)C(=O)Nc1ccc2oc(-c3ccccc3)cc(=O)c2c1. The highest BCUT2D eigenvalue weighted by atomic mass is 16.3. The quantitative estimate of drug-likeness (QED) is 0.759. The van der Waals surface area contributed by atoms with E-state index in [1.807, 2.05) is 51.1 Å². The van der Waals surface area contributed by atoms with Gasteiger partial charge in [0.25, 0.3) is 0 Å². The van der Waals surface area contributed by atoms with Gasteiger partial charge in [0.15, 0.2) is 5.43 Å². The van der Waals surface area contributed by atoms with Crippen molar-refractivity contribution in [2.45, 2.75) is 20.8 Å². The first-order valence-corrected chi connectivity index (χ1v) is 7.79. The molecule has 0 fully saturated rings. The van der Waals surface area contributed by atoms with Gasteiger partial charge in [0.05, 0.1) is 5.39 Å². The average molecular weight is 321 g/mol. The van der Waals surface area contributed by atoms with Crippen LogP contribution in [0.15, 0.2) is 63.8 Å². The summed E-state index contributed by atoms with van der Waals surface area (Å²) in [5, 5.41) is 3.27. The molecule has 0 saturated carbocycles. The predicted molar refractivity (Wildman–Crippen MR) is 96.0 cm³/mol. The molecule has 1 heterocycles. The largest absolute Gasteiger partial charge is 0.456 e. The van der Waals surface area contributed by atoms with Crippen molar-refractivity contribution in [2.75, 3.05) is 5.32 Å². The molecule has 0 atom stereocenters. The minimum Gasteiger partial charge on any atom is -0.456 e. The zero-order chi connectivity index (χ0) is 17.3. The molecule has 24 heavy (non-hydrogen) atoms. The number of hydrogen-bond donors (Lipinski definition) is 1. The van der Waals surface area contributed by atoms with Gasteiger partial charge in [-0.15, -0.1) is 0 Å². The van der Waals surface area contributed by atoms with Gasteiger partial charge < -0.3 is 9.73 Å². The fraction of sp³-hybridized carbons (Fsp3) is 0.200. The molecule has 2 aromatic carbocycles. The highest BCUT2D eigenvalue weighted by Gasteiger charge is 2.21. The average Bonchev–Trinajstić information content (AvgIpc) is 2.55. The molecule has 1 amide bonds. The molecule has 0 spiro atoms. The molecule has 3 rings (SSSR count). The van der Waals surface area contributed by atoms with Crippen LogP contribution in [0.4, 0.5) is 5.69 Å². The summed E-state index contributed by atoms with van der Waals surface area (Å²) in [6.07, 6.45) is 0. The third-order valence-electron chi connectivity index (χ3n) is 3.72. The van der Waals surface area contributed by atoms with E-state index in [9.17, 15) is 9.59 Å². The third kappa shape index (κ3) is 3.23. The number of fused-ring (bicyclic) bond motifs is 1. The van der Waals surface area contributed by atoms with Crippen molar-refractivity contribution in [1.82, 2.24) is 0 Å². The second kappa shape index (κ2) is 5.96. The summed E-state index contributed by atoms with van der Waals surface area (Å²) in [5.41, 5.74) is 1.29. The molecule has 0 aliphatic rings. The zero-order valence-corrected chi connectivity index (χ0v) is 13.9. The van der Waals surface area contributed by atoms with Crippen LogP contribution in [0.1, 0.15) is 20.8 Å². The van der Waals surface area contributed by atoms with Crippen molar-refractivity contribution in [3.05, 3.63) is 64.8 Å². The van der Waals surface area contributed by atoms with Crippen LogP contribution < -0.4 is 10.7 Å². The Morgan fingerprint density at radius 1 is 1.00 bits per heavy atom. The Hall–Kier alpha value is -2.88. The Morgan fingerprint density at radius 2 is 1.71 bits per heavy atom. The van der Waals surface area contributed by atoms with Gasteiger partial charge in [-0.3, -0.25) is 9.59 Å². The van der Waals surface area contributed by atoms with E-state index in [2.05, 4.69) is 5.32 Å². The van der Waals surface area contributed by atoms with Gasteiger partial charge in [-0.1, -0.05) is 51.1 Å². The van der Waals surface area contributed by atoms with Crippen molar-refractivity contribution in [3.8, 4) is 11.3 Å². The van der Waals surface area contributed by atoms with Crippen molar-refractivity contribution < 1.29 is 9.21 Å². The summed E-state index contributed by atoms with van der Waals surface area (Å²) < 4.78 is 5.84. The van der Waals surface area contributed by atoms with Gasteiger partial charge in [0, 0.05) is 22.7 Å². The highest BCUT2D eigenvalue weighted by molar-refractivity contribution is 5.96. The number of amides is 1. The molecule has 1 N–H and O–H groups in total. The van der Waals surface area contributed by atoms with Crippen LogP contribution in [-0.4, -0.2) is 5.91 Å². The number of benzene rings is 2. The molecule has 0 aliphatic heterocycles. The number of hydrogen-bond acceptors (Lipinski definition) is 3. The van der Waals surface area contributed by atoms with E-state index in [4.69, 9.17) is 4.42 Å². The van der Waals surface area contributed by atoms with Crippen LogP contribution in [0.25, 0.3) is 22.3 Å². The second-order valence-electron chi connectivity index (χ2n) is 6.76. The van der Waals surface area contributed by atoms with Crippen molar-refractivity contribution >= 4 is 22.6 Å². The Balaban J connectivity index is 2.02. The van der Waals surface area contributed by atoms with E-state index in [0.29, 0.717) is 22.4 Å². The van der Waals surface area contributed by atoms with Crippen molar-refractivity contribution in [1.29, 1.82) is 0 Å². The Morgan fingerprint density at radius 3 is 2.38 bits per heavy atom. The molecule has 0 unspecified atom stereocenters. The summed E-state index contributed by atoms with van der Waals surface area (Å²) in [7, 11) is 0. The first kappa shape index (κ1) is 16.0. The third-order valence-corrected chi connectivity index (χ3v) is 3.72. The Bertz CT molecular complexity index is 950. The fourth-order valence-corrected chi connectivity index (χ4v) is 2.30. The molecule has 0 saturated heterocycles. The van der Waals surface area contributed by atoms with Crippen LogP contribution in [0.5, 0.6) is 0 Å². The number of nitrogens with one attached hydrogen (secondary N) is 1. The zero-order valence-electron chi connectivity index (χ0n) is 13.9. The Kier molecular flexibility index (Phi) is 3.97. The first-order chi connectivity index (χ1) is 11.3. The molecule has 1 aromatic heterocycles.